The molecule has 1 heterocycles. The number of amides is 1. The van der Waals surface area contributed by atoms with E-state index in [2.05, 4.69) is 34.2 Å². The van der Waals surface area contributed by atoms with Crippen molar-refractivity contribution in [2.45, 2.75) is 13.5 Å². The third-order valence-electron chi connectivity index (χ3n) is 5.04. The fourth-order valence-corrected chi connectivity index (χ4v) is 3.45. The highest BCUT2D eigenvalue weighted by Gasteiger charge is 2.20. The lowest BCUT2D eigenvalue weighted by atomic mass is 10.2. The molecule has 1 amide bonds. The van der Waals surface area contributed by atoms with Crippen LogP contribution in [0.3, 0.4) is 0 Å². The number of hydrogen-bond donors (Lipinski definition) is 2. The molecule has 0 saturated carbocycles. The first-order valence-electron chi connectivity index (χ1n) is 10.5. The van der Waals surface area contributed by atoms with Gasteiger partial charge in [-0.3, -0.25) is 4.79 Å². The SMILES string of the molecule is CCNC(=NCc1cccc(OCC(N)=O)c1)N1CCN(c2ccc(OC)cc2)CC1. The van der Waals surface area contributed by atoms with Crippen molar-refractivity contribution in [2.24, 2.45) is 10.7 Å². The summed E-state index contributed by atoms with van der Waals surface area (Å²) in [4.78, 5) is 20.4. The van der Waals surface area contributed by atoms with E-state index in [-0.39, 0.29) is 6.61 Å². The number of piperazine rings is 1. The molecule has 2 aromatic rings. The number of guanidine groups is 1. The van der Waals surface area contributed by atoms with Crippen LogP contribution in [0, 0.1) is 0 Å². The molecule has 0 radical (unpaired) electrons. The normalized spacial score (nSPS) is 14.3. The topological polar surface area (TPSA) is 92.4 Å². The third-order valence-corrected chi connectivity index (χ3v) is 5.04. The van der Waals surface area contributed by atoms with Gasteiger partial charge in [-0.2, -0.15) is 0 Å². The highest BCUT2D eigenvalue weighted by molar-refractivity contribution is 5.80. The summed E-state index contributed by atoms with van der Waals surface area (Å²) in [6, 6.07) is 15.8. The van der Waals surface area contributed by atoms with Crippen LogP contribution >= 0.6 is 0 Å². The highest BCUT2D eigenvalue weighted by Crippen LogP contribution is 2.20. The van der Waals surface area contributed by atoms with Gasteiger partial charge in [-0.15, -0.1) is 0 Å². The molecular formula is C23H31N5O3. The molecule has 8 nitrogen and oxygen atoms in total. The van der Waals surface area contributed by atoms with Crippen LogP contribution in [0.25, 0.3) is 0 Å². The van der Waals surface area contributed by atoms with Crippen molar-refractivity contribution >= 4 is 17.6 Å². The second kappa shape index (κ2) is 11.1. The molecule has 1 aliphatic rings. The zero-order chi connectivity index (χ0) is 22.1. The number of nitrogens with two attached hydrogens (primary N) is 1. The van der Waals surface area contributed by atoms with Crippen LogP contribution in [0.4, 0.5) is 5.69 Å². The van der Waals surface area contributed by atoms with Gasteiger partial charge in [-0.25, -0.2) is 4.99 Å². The summed E-state index contributed by atoms with van der Waals surface area (Å²) in [6.45, 7) is 6.89. The van der Waals surface area contributed by atoms with Crippen molar-refractivity contribution in [1.82, 2.24) is 10.2 Å². The molecule has 3 N–H and O–H groups in total. The van der Waals surface area contributed by atoms with E-state index in [0.29, 0.717) is 12.3 Å². The molecule has 0 aliphatic carbocycles. The molecule has 0 unspecified atom stereocenters. The van der Waals surface area contributed by atoms with Crippen molar-refractivity contribution in [2.75, 3.05) is 51.3 Å². The lowest BCUT2D eigenvalue weighted by molar-refractivity contribution is -0.119. The van der Waals surface area contributed by atoms with E-state index in [1.54, 1.807) is 13.2 Å². The Morgan fingerprint density at radius 1 is 1.10 bits per heavy atom. The number of aliphatic imine (C=N–C) groups is 1. The second-order valence-electron chi connectivity index (χ2n) is 7.24. The maximum Gasteiger partial charge on any atom is 0.255 e. The highest BCUT2D eigenvalue weighted by atomic mass is 16.5. The zero-order valence-electron chi connectivity index (χ0n) is 18.2. The number of nitrogens with zero attached hydrogens (tertiary/aromatic N) is 3. The standard InChI is InChI=1S/C23H31N5O3/c1-3-25-23(26-16-18-5-4-6-21(15-18)31-17-22(24)29)28-13-11-27(12-14-28)19-7-9-20(30-2)10-8-19/h4-10,15H,3,11-14,16-17H2,1-2H3,(H2,24,29)(H,25,26). The number of rotatable bonds is 8. The number of anilines is 1. The Labute approximate surface area is 183 Å². The van der Waals surface area contributed by atoms with Gasteiger partial charge in [0.05, 0.1) is 13.7 Å². The third kappa shape index (κ3) is 6.53. The van der Waals surface area contributed by atoms with E-state index in [1.165, 1.54) is 5.69 Å². The van der Waals surface area contributed by atoms with Gasteiger partial charge in [0.2, 0.25) is 0 Å². The van der Waals surface area contributed by atoms with Crippen LogP contribution in [0.2, 0.25) is 0 Å². The summed E-state index contributed by atoms with van der Waals surface area (Å²) in [7, 11) is 1.68. The summed E-state index contributed by atoms with van der Waals surface area (Å²) in [5.74, 6) is 1.89. The smallest absolute Gasteiger partial charge is 0.255 e. The van der Waals surface area contributed by atoms with Crippen LogP contribution in [0.5, 0.6) is 11.5 Å². The van der Waals surface area contributed by atoms with Crippen molar-refractivity contribution in [3.8, 4) is 11.5 Å². The Kier molecular flexibility index (Phi) is 7.98. The Hall–Kier alpha value is -3.42. The molecule has 3 rings (SSSR count). The molecule has 0 bridgehead atoms. The number of carbonyl (C=O) groups is 1. The van der Waals surface area contributed by atoms with Gasteiger partial charge in [-0.1, -0.05) is 12.1 Å². The molecule has 166 valence electrons. The number of carbonyl (C=O) groups excluding carboxylic acids is 1. The number of benzene rings is 2. The van der Waals surface area contributed by atoms with Crippen molar-refractivity contribution in [3.63, 3.8) is 0 Å². The molecule has 0 atom stereocenters. The Bertz CT molecular complexity index is 877. The number of primary amides is 1. The fourth-order valence-electron chi connectivity index (χ4n) is 3.45. The van der Waals surface area contributed by atoms with Crippen molar-refractivity contribution in [1.29, 1.82) is 0 Å². The summed E-state index contributed by atoms with van der Waals surface area (Å²) in [5.41, 5.74) is 7.36. The van der Waals surface area contributed by atoms with E-state index in [1.807, 2.05) is 30.3 Å². The van der Waals surface area contributed by atoms with Gasteiger partial charge in [0.25, 0.3) is 5.91 Å². The van der Waals surface area contributed by atoms with E-state index >= 15 is 0 Å². The Morgan fingerprint density at radius 3 is 2.48 bits per heavy atom. The van der Waals surface area contributed by atoms with E-state index in [9.17, 15) is 4.79 Å². The minimum Gasteiger partial charge on any atom is -0.497 e. The van der Waals surface area contributed by atoms with Gasteiger partial charge in [0.1, 0.15) is 11.5 Å². The predicted molar refractivity (Wildman–Crippen MR) is 123 cm³/mol. The molecule has 31 heavy (non-hydrogen) atoms. The van der Waals surface area contributed by atoms with Crippen molar-refractivity contribution < 1.29 is 14.3 Å². The monoisotopic (exact) mass is 425 g/mol. The van der Waals surface area contributed by atoms with Crippen LogP contribution in [-0.4, -0.2) is 63.2 Å². The first-order chi connectivity index (χ1) is 15.1. The molecule has 0 spiro atoms. The number of nitrogens with one attached hydrogen (secondary N) is 1. The van der Waals surface area contributed by atoms with Gasteiger partial charge >= 0.3 is 0 Å². The second-order valence-corrected chi connectivity index (χ2v) is 7.24. The molecule has 1 aliphatic heterocycles. The molecule has 1 fully saturated rings. The Morgan fingerprint density at radius 2 is 1.84 bits per heavy atom. The largest absolute Gasteiger partial charge is 0.497 e. The predicted octanol–water partition coefficient (Wildman–Crippen LogP) is 1.85. The van der Waals surface area contributed by atoms with Crippen molar-refractivity contribution in [3.05, 3.63) is 54.1 Å². The zero-order valence-corrected chi connectivity index (χ0v) is 18.2. The molecule has 0 aromatic heterocycles. The molecule has 1 saturated heterocycles. The first-order valence-corrected chi connectivity index (χ1v) is 10.5. The van der Waals surface area contributed by atoms with Crippen LogP contribution < -0.4 is 25.4 Å². The summed E-state index contributed by atoms with van der Waals surface area (Å²) in [5, 5.41) is 3.40. The quantitative estimate of drug-likeness (QED) is 0.495. The van der Waals surface area contributed by atoms with Crippen LogP contribution in [0.15, 0.2) is 53.5 Å². The average molecular weight is 426 g/mol. The van der Waals surface area contributed by atoms with Crippen LogP contribution in [-0.2, 0) is 11.3 Å². The summed E-state index contributed by atoms with van der Waals surface area (Å²) < 4.78 is 10.6. The molecule has 8 heteroatoms. The van der Waals surface area contributed by atoms with E-state index < -0.39 is 5.91 Å². The summed E-state index contributed by atoms with van der Waals surface area (Å²) in [6.07, 6.45) is 0. The first kappa shape index (κ1) is 22.3. The van der Waals surface area contributed by atoms with Crippen LogP contribution in [0.1, 0.15) is 12.5 Å². The lowest BCUT2D eigenvalue weighted by Crippen LogP contribution is -2.52. The number of hydrogen-bond acceptors (Lipinski definition) is 5. The number of ether oxygens (including phenoxy) is 2. The van der Waals surface area contributed by atoms with Gasteiger partial charge < -0.3 is 30.3 Å². The van der Waals surface area contributed by atoms with Gasteiger partial charge in [0, 0.05) is 38.4 Å². The maximum absolute atomic E-state index is 10.9. The lowest BCUT2D eigenvalue weighted by Gasteiger charge is -2.37. The van der Waals surface area contributed by atoms with E-state index in [0.717, 1.165) is 50.0 Å². The van der Waals surface area contributed by atoms with Gasteiger partial charge in [0.15, 0.2) is 12.6 Å². The minimum atomic E-state index is -0.494. The van der Waals surface area contributed by atoms with Gasteiger partial charge in [-0.05, 0) is 48.9 Å². The number of methoxy groups -OCH3 is 1. The maximum atomic E-state index is 10.9. The molecule has 2 aromatic carbocycles. The fraction of sp³-hybridized carbons (Fsp3) is 0.391. The molecular weight excluding hydrogens is 394 g/mol. The minimum absolute atomic E-state index is 0.131. The summed E-state index contributed by atoms with van der Waals surface area (Å²) >= 11 is 0. The Balaban J connectivity index is 1.59. The van der Waals surface area contributed by atoms with E-state index in [4.69, 9.17) is 20.2 Å². The average Bonchev–Trinajstić information content (AvgIpc) is 2.81.